The number of halogens is 1. The van der Waals surface area contributed by atoms with Crippen LogP contribution in [0.15, 0.2) is 12.1 Å². The molecule has 4 atom stereocenters. The maximum absolute atomic E-state index is 10.2. The Morgan fingerprint density at radius 1 is 1.32 bits per heavy atom. The molecule has 0 bridgehead atoms. The molecular weight excluding hydrogens is 378 g/mol. The number of nitrogens with one attached hydrogen (secondary N) is 5. The highest BCUT2D eigenvalue weighted by Gasteiger charge is 2.29. The Balaban J connectivity index is 1.66. The van der Waals surface area contributed by atoms with E-state index < -0.39 is 6.10 Å². The molecule has 1 fully saturated rings. The fourth-order valence-electron chi connectivity index (χ4n) is 4.23. The zero-order valence-corrected chi connectivity index (χ0v) is 17.2. The first kappa shape index (κ1) is 19.9. The van der Waals surface area contributed by atoms with Gasteiger partial charge in [0.2, 0.25) is 0 Å². The number of benzene rings is 1. The predicted molar refractivity (Wildman–Crippen MR) is 113 cm³/mol. The molecule has 3 aliphatic rings. The average Bonchev–Trinajstić information content (AvgIpc) is 3.01. The number of aliphatic hydroxyl groups is 1. The highest BCUT2D eigenvalue weighted by Crippen LogP contribution is 2.44. The molecule has 7 nitrogen and oxygen atoms in total. The average molecular weight is 408 g/mol. The van der Waals surface area contributed by atoms with Gasteiger partial charge in [-0.3, -0.25) is 10.6 Å². The largest absolute Gasteiger partial charge is 0.492 e. The maximum atomic E-state index is 10.2. The van der Waals surface area contributed by atoms with Gasteiger partial charge >= 0.3 is 0 Å². The van der Waals surface area contributed by atoms with E-state index in [4.69, 9.17) is 16.3 Å². The first-order valence-corrected chi connectivity index (χ1v) is 10.4. The van der Waals surface area contributed by atoms with Gasteiger partial charge in [0.05, 0.1) is 29.6 Å². The maximum Gasteiger partial charge on any atom is 0.133 e. The molecule has 1 saturated heterocycles. The lowest BCUT2D eigenvalue weighted by molar-refractivity contribution is 0.180. The molecule has 0 aliphatic carbocycles. The van der Waals surface area contributed by atoms with Crippen LogP contribution in [0.4, 0.5) is 5.69 Å². The summed E-state index contributed by atoms with van der Waals surface area (Å²) in [5.41, 5.74) is 3.98. The van der Waals surface area contributed by atoms with E-state index in [1.165, 1.54) is 0 Å². The highest BCUT2D eigenvalue weighted by atomic mass is 35.5. The lowest BCUT2D eigenvalue weighted by Crippen LogP contribution is -2.63. The molecule has 6 N–H and O–H groups in total. The van der Waals surface area contributed by atoms with E-state index in [0.717, 1.165) is 41.0 Å². The van der Waals surface area contributed by atoms with Gasteiger partial charge in [-0.1, -0.05) is 17.7 Å². The molecule has 4 rings (SSSR count). The van der Waals surface area contributed by atoms with Crippen molar-refractivity contribution in [2.45, 2.75) is 50.8 Å². The number of fused-ring (bicyclic) bond motifs is 1. The van der Waals surface area contributed by atoms with E-state index in [1.807, 2.05) is 7.05 Å². The van der Waals surface area contributed by atoms with Crippen LogP contribution in [0, 0.1) is 0 Å². The van der Waals surface area contributed by atoms with Crippen molar-refractivity contribution >= 4 is 22.9 Å². The minimum Gasteiger partial charge on any atom is -0.492 e. The first-order chi connectivity index (χ1) is 13.5. The third kappa shape index (κ3) is 4.15. The molecule has 3 heterocycles. The van der Waals surface area contributed by atoms with Crippen LogP contribution in [0.3, 0.4) is 0 Å². The Morgan fingerprint density at radius 2 is 2.18 bits per heavy atom. The molecule has 1 aromatic rings. The summed E-state index contributed by atoms with van der Waals surface area (Å²) in [5, 5.41) is 28.0. The van der Waals surface area contributed by atoms with Gasteiger partial charge in [0.25, 0.3) is 0 Å². The lowest BCUT2D eigenvalue weighted by atomic mass is 9.95. The SMILES string of the molecule is CNC1CC(C)NC(Nc2cc3c(c(C4=CCNC[C@H](O)C4)c2Cl)OCC3)N1. The Kier molecular flexibility index (Phi) is 6.10. The molecule has 8 heteroatoms. The number of hydrogen-bond acceptors (Lipinski definition) is 7. The third-order valence-corrected chi connectivity index (χ3v) is 6.01. The normalized spacial score (nSPS) is 30.2. The fourth-order valence-corrected chi connectivity index (χ4v) is 4.54. The van der Waals surface area contributed by atoms with Crippen molar-refractivity contribution < 1.29 is 9.84 Å². The van der Waals surface area contributed by atoms with Crippen molar-refractivity contribution in [2.75, 3.05) is 32.1 Å². The van der Waals surface area contributed by atoms with Crippen LogP contribution in [-0.4, -0.2) is 56.5 Å². The Bertz CT molecular complexity index is 757. The van der Waals surface area contributed by atoms with Crippen LogP contribution in [-0.2, 0) is 6.42 Å². The molecule has 1 aromatic carbocycles. The van der Waals surface area contributed by atoms with Crippen molar-refractivity contribution in [1.82, 2.24) is 21.3 Å². The number of β-amino-alcohol motifs (C(OH)–C–C–N with tert-alkyl or cyclic N) is 1. The highest BCUT2D eigenvalue weighted by molar-refractivity contribution is 6.35. The molecule has 0 radical (unpaired) electrons. The second-order valence-electron chi connectivity index (χ2n) is 7.83. The van der Waals surface area contributed by atoms with Gasteiger partial charge in [-0.05, 0) is 32.0 Å². The quantitative estimate of drug-likeness (QED) is 0.447. The van der Waals surface area contributed by atoms with E-state index in [2.05, 4.69) is 45.7 Å². The summed E-state index contributed by atoms with van der Waals surface area (Å²) >= 11 is 6.90. The Hall–Kier alpha value is -1.35. The molecule has 0 aromatic heterocycles. The van der Waals surface area contributed by atoms with Gasteiger partial charge in [0.1, 0.15) is 12.0 Å². The molecule has 28 heavy (non-hydrogen) atoms. The number of ether oxygens (including phenoxy) is 1. The summed E-state index contributed by atoms with van der Waals surface area (Å²) < 4.78 is 5.94. The standard InChI is InChI=1S/C20H30ClN5O2/c1-11-7-16(22-2)26-20(24-11)25-15-9-13-4-6-28-19(13)17(18(15)21)12-3-5-23-10-14(27)8-12/h3,9,11,14,16,20,22-27H,4-8,10H2,1-2H3/t11?,14-,16?,20?/m1/s1. The number of hydrogen-bond donors (Lipinski definition) is 6. The smallest absolute Gasteiger partial charge is 0.133 e. The summed E-state index contributed by atoms with van der Waals surface area (Å²) in [6.07, 6.45) is 4.24. The monoisotopic (exact) mass is 407 g/mol. The Labute approximate surface area is 171 Å². The number of aliphatic hydroxyl groups excluding tert-OH is 1. The summed E-state index contributed by atoms with van der Waals surface area (Å²) in [6, 6.07) is 2.47. The van der Waals surface area contributed by atoms with Crippen molar-refractivity contribution in [3.05, 3.63) is 28.3 Å². The van der Waals surface area contributed by atoms with Crippen LogP contribution < -0.4 is 31.3 Å². The van der Waals surface area contributed by atoms with Crippen LogP contribution in [0.25, 0.3) is 5.57 Å². The second kappa shape index (κ2) is 8.57. The van der Waals surface area contributed by atoms with Crippen LogP contribution in [0.5, 0.6) is 5.75 Å². The van der Waals surface area contributed by atoms with Gasteiger partial charge in [-0.15, -0.1) is 0 Å². The Morgan fingerprint density at radius 3 is 3.00 bits per heavy atom. The van der Waals surface area contributed by atoms with Gasteiger partial charge in [-0.2, -0.15) is 0 Å². The van der Waals surface area contributed by atoms with Gasteiger partial charge in [0, 0.05) is 43.1 Å². The van der Waals surface area contributed by atoms with Gasteiger partial charge in [-0.25, -0.2) is 0 Å². The summed E-state index contributed by atoms with van der Waals surface area (Å²) in [7, 11) is 1.96. The number of anilines is 1. The summed E-state index contributed by atoms with van der Waals surface area (Å²) in [6.45, 7) is 4.13. The fraction of sp³-hybridized carbons (Fsp3) is 0.600. The molecule has 3 unspecified atom stereocenters. The van der Waals surface area contributed by atoms with Crippen molar-refractivity contribution in [3.63, 3.8) is 0 Å². The molecule has 3 aliphatic heterocycles. The minimum absolute atomic E-state index is 0.0951. The molecule has 0 saturated carbocycles. The summed E-state index contributed by atoms with van der Waals surface area (Å²) in [4.78, 5) is 0. The van der Waals surface area contributed by atoms with Gasteiger partial charge in [0.15, 0.2) is 0 Å². The molecular formula is C20H30ClN5O2. The number of rotatable bonds is 4. The third-order valence-electron chi connectivity index (χ3n) is 5.62. The minimum atomic E-state index is -0.433. The van der Waals surface area contributed by atoms with Gasteiger partial charge < -0.3 is 25.8 Å². The summed E-state index contributed by atoms with van der Waals surface area (Å²) in [5.74, 6) is 0.863. The zero-order valence-electron chi connectivity index (χ0n) is 16.4. The molecule has 154 valence electrons. The lowest BCUT2D eigenvalue weighted by Gasteiger charge is -2.37. The van der Waals surface area contributed by atoms with E-state index >= 15 is 0 Å². The van der Waals surface area contributed by atoms with Crippen LogP contribution in [0.2, 0.25) is 5.02 Å². The van der Waals surface area contributed by atoms with E-state index in [1.54, 1.807) is 0 Å². The zero-order chi connectivity index (χ0) is 19.7. The second-order valence-corrected chi connectivity index (χ2v) is 8.21. The van der Waals surface area contributed by atoms with E-state index in [-0.39, 0.29) is 12.5 Å². The topological polar surface area (TPSA) is 89.6 Å². The van der Waals surface area contributed by atoms with Crippen molar-refractivity contribution in [3.8, 4) is 5.75 Å². The van der Waals surface area contributed by atoms with E-state index in [0.29, 0.717) is 37.2 Å². The molecule has 0 spiro atoms. The predicted octanol–water partition coefficient (Wildman–Crippen LogP) is 1.22. The van der Waals surface area contributed by atoms with E-state index in [9.17, 15) is 5.11 Å². The van der Waals surface area contributed by atoms with Crippen LogP contribution in [0.1, 0.15) is 30.9 Å². The van der Waals surface area contributed by atoms with Crippen molar-refractivity contribution in [2.24, 2.45) is 0 Å². The molecule has 0 amide bonds. The van der Waals surface area contributed by atoms with Crippen LogP contribution >= 0.6 is 11.6 Å². The first-order valence-electron chi connectivity index (χ1n) is 10.1. The van der Waals surface area contributed by atoms with Crippen molar-refractivity contribution in [1.29, 1.82) is 0 Å².